The van der Waals surface area contributed by atoms with Gasteiger partial charge in [-0.15, -0.1) is 0 Å². The van der Waals surface area contributed by atoms with Crippen LogP contribution in [0.5, 0.6) is 0 Å². The third-order valence-electron chi connectivity index (χ3n) is 5.54. The van der Waals surface area contributed by atoms with Gasteiger partial charge in [0.15, 0.2) is 36.8 Å². The fourth-order valence-electron chi connectivity index (χ4n) is 4.29. The van der Waals surface area contributed by atoms with Crippen LogP contribution in [0.2, 0.25) is 0 Å². The zero-order valence-corrected chi connectivity index (χ0v) is 22.9. The summed E-state index contributed by atoms with van der Waals surface area (Å²) in [5, 5.41) is 0. The number of carbonyl (C=O) groups is 6. The fourth-order valence-corrected chi connectivity index (χ4v) is 4.29. The van der Waals surface area contributed by atoms with Crippen LogP contribution in [0, 0.1) is 0 Å². The van der Waals surface area contributed by atoms with Crippen molar-refractivity contribution in [3.63, 3.8) is 0 Å². The van der Waals surface area contributed by atoms with Gasteiger partial charge in [-0.2, -0.15) is 0 Å². The molecule has 10 unspecified atom stereocenters. The first-order valence-corrected chi connectivity index (χ1v) is 12.1. The summed E-state index contributed by atoms with van der Waals surface area (Å²) in [5.74, 6) is -4.65. The molecule has 10 atom stereocenters. The lowest BCUT2D eigenvalue weighted by molar-refractivity contribution is -0.352. The van der Waals surface area contributed by atoms with E-state index in [1.165, 1.54) is 13.8 Å². The molecular formula is C24H34O15. The van der Waals surface area contributed by atoms with Crippen molar-refractivity contribution in [2.75, 3.05) is 0 Å². The van der Waals surface area contributed by atoms with Crippen LogP contribution in [0.4, 0.5) is 0 Å². The molecule has 0 aromatic heterocycles. The minimum Gasteiger partial charge on any atom is -0.457 e. The van der Waals surface area contributed by atoms with Gasteiger partial charge in [0.1, 0.15) is 6.10 Å². The van der Waals surface area contributed by atoms with E-state index < -0.39 is 97.2 Å². The first-order valence-electron chi connectivity index (χ1n) is 12.1. The molecule has 0 spiro atoms. The second-order valence-corrected chi connectivity index (χ2v) is 9.00. The minimum absolute atomic E-state index is 0.721. The maximum absolute atomic E-state index is 12.0. The number of ether oxygens (including phenoxy) is 9. The van der Waals surface area contributed by atoms with Gasteiger partial charge in [0.2, 0.25) is 6.29 Å². The number of rotatable bonds is 8. The molecule has 220 valence electrons. The molecule has 2 rings (SSSR count). The van der Waals surface area contributed by atoms with Crippen molar-refractivity contribution in [1.82, 2.24) is 0 Å². The van der Waals surface area contributed by atoms with E-state index in [1.807, 2.05) is 0 Å². The van der Waals surface area contributed by atoms with E-state index in [0.717, 1.165) is 41.5 Å². The quantitative estimate of drug-likeness (QED) is 0.286. The van der Waals surface area contributed by atoms with E-state index in [1.54, 1.807) is 0 Å². The van der Waals surface area contributed by atoms with Gasteiger partial charge in [0.05, 0.1) is 12.2 Å². The topological polar surface area (TPSA) is 185 Å². The maximum atomic E-state index is 12.0. The van der Waals surface area contributed by atoms with Gasteiger partial charge >= 0.3 is 35.8 Å². The van der Waals surface area contributed by atoms with Crippen LogP contribution in [0.15, 0.2) is 0 Å². The highest BCUT2D eigenvalue weighted by Gasteiger charge is 2.56. The smallest absolute Gasteiger partial charge is 0.305 e. The molecule has 0 aliphatic carbocycles. The van der Waals surface area contributed by atoms with Gasteiger partial charge in [-0.1, -0.05) is 0 Å². The zero-order chi connectivity index (χ0) is 29.6. The monoisotopic (exact) mass is 562 g/mol. The number of carbonyl (C=O) groups excluding carboxylic acids is 6. The standard InChI is InChI=1S/C24H34O15/c1-9-17(33-11(3)25)19(35-13(5)27)21(36-14(6)28)24(32-9)39-20-18(34-12(4)26)10(2)31-23(38-16(8)30)22(20)37-15(7)29/h9-10,17-24H,1-8H3. The molecular weight excluding hydrogens is 528 g/mol. The van der Waals surface area contributed by atoms with E-state index in [4.69, 9.17) is 42.6 Å². The van der Waals surface area contributed by atoms with Crippen LogP contribution >= 0.6 is 0 Å². The summed E-state index contributed by atoms with van der Waals surface area (Å²) in [6.07, 6.45) is -13.2. The summed E-state index contributed by atoms with van der Waals surface area (Å²) < 4.78 is 49.6. The molecule has 15 heteroatoms. The van der Waals surface area contributed by atoms with Gasteiger partial charge < -0.3 is 42.6 Å². The maximum Gasteiger partial charge on any atom is 0.305 e. The predicted octanol–water partition coefficient (Wildman–Crippen LogP) is 0.0828. The van der Waals surface area contributed by atoms with Crippen molar-refractivity contribution >= 4 is 35.8 Å². The Morgan fingerprint density at radius 2 is 0.718 bits per heavy atom. The summed E-state index contributed by atoms with van der Waals surface area (Å²) in [6.45, 7) is 9.62. The largest absolute Gasteiger partial charge is 0.457 e. The van der Waals surface area contributed by atoms with Gasteiger partial charge in [0.25, 0.3) is 0 Å². The predicted molar refractivity (Wildman–Crippen MR) is 123 cm³/mol. The van der Waals surface area contributed by atoms with Crippen molar-refractivity contribution in [2.24, 2.45) is 0 Å². The Hall–Kier alpha value is -3.30. The molecule has 0 aromatic rings. The summed E-state index contributed by atoms with van der Waals surface area (Å²) in [5.41, 5.74) is 0. The van der Waals surface area contributed by atoms with Crippen LogP contribution in [-0.4, -0.2) is 97.2 Å². The number of esters is 6. The van der Waals surface area contributed by atoms with Crippen LogP contribution in [0.3, 0.4) is 0 Å². The first-order chi connectivity index (χ1) is 18.1. The molecule has 15 nitrogen and oxygen atoms in total. The first kappa shape index (κ1) is 31.9. The van der Waals surface area contributed by atoms with Gasteiger partial charge in [-0.3, -0.25) is 28.8 Å². The Morgan fingerprint density at radius 3 is 1.13 bits per heavy atom. The second kappa shape index (κ2) is 13.7. The van der Waals surface area contributed by atoms with E-state index in [2.05, 4.69) is 0 Å². The Kier molecular flexibility index (Phi) is 11.2. The molecule has 0 bridgehead atoms. The SMILES string of the molecule is CC(=O)OC1OC(C)C(OC(C)=O)C(OC2OC(C)C(OC(C)=O)C(OC(C)=O)C2OC(C)=O)C1OC(C)=O. The Morgan fingerprint density at radius 1 is 0.410 bits per heavy atom. The molecule has 0 saturated carbocycles. The zero-order valence-electron chi connectivity index (χ0n) is 22.9. The lowest BCUT2D eigenvalue weighted by atomic mass is 9.96. The summed E-state index contributed by atoms with van der Waals surface area (Å²) in [6, 6.07) is 0. The number of hydrogen-bond acceptors (Lipinski definition) is 15. The highest BCUT2D eigenvalue weighted by atomic mass is 16.8. The fraction of sp³-hybridized carbons (Fsp3) is 0.750. The van der Waals surface area contributed by atoms with Crippen molar-refractivity contribution in [3.8, 4) is 0 Å². The minimum atomic E-state index is -1.55. The molecule has 2 aliphatic heterocycles. The molecule has 0 N–H and O–H groups in total. The summed E-state index contributed by atoms with van der Waals surface area (Å²) >= 11 is 0. The van der Waals surface area contributed by atoms with Crippen LogP contribution < -0.4 is 0 Å². The Labute approximate surface area is 224 Å². The molecule has 2 heterocycles. The molecule has 0 radical (unpaired) electrons. The lowest BCUT2D eigenvalue weighted by Crippen LogP contribution is -2.66. The van der Waals surface area contributed by atoms with E-state index in [0.29, 0.717) is 0 Å². The Balaban J connectivity index is 2.57. The second-order valence-electron chi connectivity index (χ2n) is 9.00. The Bertz CT molecular complexity index is 948. The highest BCUT2D eigenvalue weighted by molar-refractivity contribution is 5.69. The van der Waals surface area contributed by atoms with Crippen molar-refractivity contribution in [2.45, 2.75) is 117 Å². The van der Waals surface area contributed by atoms with Crippen molar-refractivity contribution in [1.29, 1.82) is 0 Å². The summed E-state index contributed by atoms with van der Waals surface area (Å²) in [4.78, 5) is 71.4. The van der Waals surface area contributed by atoms with E-state index in [9.17, 15) is 28.8 Å². The number of hydrogen-bond donors (Lipinski definition) is 0. The highest BCUT2D eigenvalue weighted by Crippen LogP contribution is 2.35. The van der Waals surface area contributed by atoms with E-state index in [-0.39, 0.29) is 0 Å². The van der Waals surface area contributed by atoms with Crippen molar-refractivity contribution in [3.05, 3.63) is 0 Å². The van der Waals surface area contributed by atoms with Crippen molar-refractivity contribution < 1.29 is 71.4 Å². The van der Waals surface area contributed by atoms with Gasteiger partial charge in [0, 0.05) is 41.5 Å². The average Bonchev–Trinajstić information content (AvgIpc) is 2.76. The van der Waals surface area contributed by atoms with E-state index >= 15 is 0 Å². The molecule has 2 saturated heterocycles. The lowest BCUT2D eigenvalue weighted by Gasteiger charge is -2.48. The third-order valence-corrected chi connectivity index (χ3v) is 5.54. The molecule has 39 heavy (non-hydrogen) atoms. The molecule has 0 amide bonds. The van der Waals surface area contributed by atoms with Crippen LogP contribution in [-0.2, 0) is 71.4 Å². The molecule has 0 aromatic carbocycles. The van der Waals surface area contributed by atoms with Gasteiger partial charge in [-0.25, -0.2) is 0 Å². The normalized spacial score (nSPS) is 34.2. The van der Waals surface area contributed by atoms with Crippen LogP contribution in [0.1, 0.15) is 55.4 Å². The summed E-state index contributed by atoms with van der Waals surface area (Å²) in [7, 11) is 0. The molecule has 2 fully saturated rings. The average molecular weight is 563 g/mol. The van der Waals surface area contributed by atoms with Crippen LogP contribution in [0.25, 0.3) is 0 Å². The van der Waals surface area contributed by atoms with Gasteiger partial charge in [-0.05, 0) is 13.8 Å². The molecule has 2 aliphatic rings. The third kappa shape index (κ3) is 8.86.